The Kier molecular flexibility index (Phi) is 27.9. The third-order valence-corrected chi connectivity index (χ3v) is 3.56. The molecule has 0 saturated carbocycles. The normalized spacial score (nSPS) is 10.9. The van der Waals surface area contributed by atoms with Crippen LogP contribution in [0.5, 0.6) is 0 Å². The van der Waals surface area contributed by atoms with Crippen LogP contribution in [0.3, 0.4) is 0 Å². The van der Waals surface area contributed by atoms with Gasteiger partial charge in [0, 0.05) is 12.3 Å². The van der Waals surface area contributed by atoms with Crippen LogP contribution in [-0.2, 0) is 19.1 Å². The van der Waals surface area contributed by atoms with Gasteiger partial charge in [-0.05, 0) is 65.7 Å². The lowest BCUT2D eigenvalue weighted by atomic mass is 9.99. The van der Waals surface area contributed by atoms with E-state index in [1.165, 1.54) is 6.42 Å². The Balaban J connectivity index is -0.000000165. The number of hydrogen-bond acceptors (Lipinski definition) is 4. The van der Waals surface area contributed by atoms with Crippen LogP contribution < -0.4 is 0 Å². The fraction of sp³-hybridized carbons (Fsp3) is 0.929. The molecule has 0 aromatic rings. The van der Waals surface area contributed by atoms with Crippen LogP contribution in [0, 0.1) is 29.6 Å². The number of carbonyl (C=O) groups excluding carboxylic acids is 2. The lowest BCUT2D eigenvalue weighted by Crippen LogP contribution is -2.16. The second kappa shape index (κ2) is 23.3. The first-order valence-electron chi connectivity index (χ1n) is 12.7. The second-order valence-electron chi connectivity index (χ2n) is 11.1. The molecule has 0 radical (unpaired) electrons. The maximum Gasteiger partial charge on any atom is 0.308 e. The van der Waals surface area contributed by atoms with E-state index < -0.39 is 0 Å². The van der Waals surface area contributed by atoms with Crippen LogP contribution in [0.25, 0.3) is 0 Å². The number of esters is 1. The van der Waals surface area contributed by atoms with Crippen molar-refractivity contribution in [1.82, 2.24) is 0 Å². The minimum atomic E-state index is -0.120. The summed E-state index contributed by atoms with van der Waals surface area (Å²) >= 11 is 0. The molecule has 4 heteroatoms. The van der Waals surface area contributed by atoms with Gasteiger partial charge in [-0.3, -0.25) is 9.59 Å². The molecule has 196 valence electrons. The Labute approximate surface area is 202 Å². The van der Waals surface area contributed by atoms with Crippen molar-refractivity contribution in [3.63, 3.8) is 0 Å². The van der Waals surface area contributed by atoms with Gasteiger partial charge in [0.05, 0.1) is 24.2 Å². The van der Waals surface area contributed by atoms with E-state index in [0.29, 0.717) is 23.9 Å². The molecule has 0 spiro atoms. The van der Waals surface area contributed by atoms with Crippen LogP contribution in [0.15, 0.2) is 0 Å². The van der Waals surface area contributed by atoms with Crippen molar-refractivity contribution in [2.45, 2.75) is 142 Å². The van der Waals surface area contributed by atoms with Gasteiger partial charge in [0.25, 0.3) is 0 Å². The van der Waals surface area contributed by atoms with E-state index in [1.807, 2.05) is 69.2 Å². The topological polar surface area (TPSA) is 52.6 Å². The molecule has 0 N–H and O–H groups in total. The molecule has 0 unspecified atom stereocenters. The minimum Gasteiger partial charge on any atom is -0.463 e. The van der Waals surface area contributed by atoms with E-state index in [9.17, 15) is 9.59 Å². The fourth-order valence-corrected chi connectivity index (χ4v) is 2.49. The number of Topliss-reactive ketones (excluding diaryl/α,β-unsaturated/α-hetero) is 1. The van der Waals surface area contributed by atoms with Crippen LogP contribution in [0.2, 0.25) is 0 Å². The van der Waals surface area contributed by atoms with Crippen molar-refractivity contribution in [2.75, 3.05) is 0 Å². The van der Waals surface area contributed by atoms with Gasteiger partial charge in [0.1, 0.15) is 5.78 Å². The highest BCUT2D eigenvalue weighted by Gasteiger charge is 2.09. The van der Waals surface area contributed by atoms with E-state index in [-0.39, 0.29) is 23.9 Å². The van der Waals surface area contributed by atoms with Crippen molar-refractivity contribution < 1.29 is 19.1 Å². The number of rotatable bonds is 9. The molecule has 32 heavy (non-hydrogen) atoms. The van der Waals surface area contributed by atoms with Crippen LogP contribution in [-0.4, -0.2) is 30.1 Å². The van der Waals surface area contributed by atoms with Crippen molar-refractivity contribution >= 4 is 11.8 Å². The summed E-state index contributed by atoms with van der Waals surface area (Å²) in [5.74, 6) is 2.73. The third-order valence-electron chi connectivity index (χ3n) is 3.56. The Morgan fingerprint density at radius 3 is 0.969 bits per heavy atom. The summed E-state index contributed by atoms with van der Waals surface area (Å²) in [6.07, 6.45) is 2.86. The summed E-state index contributed by atoms with van der Waals surface area (Å²) in [5, 5.41) is 0. The Morgan fingerprint density at radius 2 is 0.906 bits per heavy atom. The highest BCUT2D eigenvalue weighted by Crippen LogP contribution is 2.08. The lowest BCUT2D eigenvalue weighted by molar-refractivity contribution is -0.151. The second-order valence-corrected chi connectivity index (χ2v) is 11.1. The predicted octanol–water partition coefficient (Wildman–Crippen LogP) is 8.36. The lowest BCUT2D eigenvalue weighted by Gasteiger charge is -2.09. The molecule has 0 bridgehead atoms. The molecule has 0 rings (SSSR count). The third kappa shape index (κ3) is 43.1. The Bertz CT molecular complexity index is 367. The van der Waals surface area contributed by atoms with Gasteiger partial charge in [-0.25, -0.2) is 0 Å². The van der Waals surface area contributed by atoms with Gasteiger partial charge < -0.3 is 9.47 Å². The van der Waals surface area contributed by atoms with Crippen LogP contribution in [0.4, 0.5) is 0 Å². The van der Waals surface area contributed by atoms with Crippen molar-refractivity contribution in [1.29, 1.82) is 0 Å². The smallest absolute Gasteiger partial charge is 0.308 e. The zero-order valence-electron chi connectivity index (χ0n) is 24.7. The zero-order chi connectivity index (χ0) is 26.6. The number of hydrogen-bond donors (Lipinski definition) is 0. The zero-order valence-corrected chi connectivity index (χ0v) is 24.7. The fourth-order valence-electron chi connectivity index (χ4n) is 2.49. The summed E-state index contributed by atoms with van der Waals surface area (Å²) < 4.78 is 10.1. The first-order valence-corrected chi connectivity index (χ1v) is 12.7. The molecule has 0 aromatic carbocycles. The highest BCUT2D eigenvalue weighted by atomic mass is 16.5. The molecular weight excluding hydrogens is 400 g/mol. The van der Waals surface area contributed by atoms with Gasteiger partial charge in [-0.2, -0.15) is 0 Å². The van der Waals surface area contributed by atoms with Gasteiger partial charge in [-0.15, -0.1) is 0 Å². The number of ether oxygens (including phenoxy) is 2. The van der Waals surface area contributed by atoms with E-state index in [4.69, 9.17) is 9.47 Å². The number of ketones is 1. The molecule has 0 amide bonds. The van der Waals surface area contributed by atoms with Gasteiger partial charge >= 0.3 is 5.97 Å². The van der Waals surface area contributed by atoms with Gasteiger partial charge in [0.2, 0.25) is 0 Å². The predicted molar refractivity (Wildman–Crippen MR) is 141 cm³/mol. The highest BCUT2D eigenvalue weighted by molar-refractivity contribution is 5.80. The summed E-state index contributed by atoms with van der Waals surface area (Å²) in [6, 6.07) is 0. The average Bonchev–Trinajstić information content (AvgIpc) is 2.52. The monoisotopic (exact) mass is 460 g/mol. The van der Waals surface area contributed by atoms with Crippen LogP contribution in [0.1, 0.15) is 124 Å². The van der Waals surface area contributed by atoms with E-state index >= 15 is 0 Å². The van der Waals surface area contributed by atoms with E-state index in [1.54, 1.807) is 0 Å². The molecule has 0 aliphatic rings. The quantitative estimate of drug-likeness (QED) is 0.324. The Hall–Kier alpha value is -0.900. The molecule has 0 heterocycles. The van der Waals surface area contributed by atoms with E-state index in [2.05, 4.69) is 41.5 Å². The maximum absolute atomic E-state index is 11.0. The van der Waals surface area contributed by atoms with E-state index in [0.717, 1.165) is 18.3 Å². The molecule has 0 aliphatic carbocycles. The largest absolute Gasteiger partial charge is 0.463 e. The van der Waals surface area contributed by atoms with Gasteiger partial charge in [-0.1, -0.05) is 69.2 Å². The molecule has 0 aromatic heterocycles. The SMILES string of the molecule is CC(C)CC(=O)C(C)C.CC(C)CC(C)C.CC(C)OC(=O)C(C)C.CC(C)OC(C)C. The molecule has 0 atom stereocenters. The first-order chi connectivity index (χ1) is 14.3. The molecule has 0 fully saturated rings. The van der Waals surface area contributed by atoms with Crippen molar-refractivity contribution in [3.05, 3.63) is 0 Å². The summed E-state index contributed by atoms with van der Waals surface area (Å²) in [5.41, 5.74) is 0. The summed E-state index contributed by atoms with van der Waals surface area (Å²) in [4.78, 5) is 21.7. The molecule has 4 nitrogen and oxygen atoms in total. The van der Waals surface area contributed by atoms with Crippen molar-refractivity contribution in [3.8, 4) is 0 Å². The van der Waals surface area contributed by atoms with Gasteiger partial charge in [0.15, 0.2) is 0 Å². The minimum absolute atomic E-state index is 0.00704. The molecular formula is C28H60O4. The summed E-state index contributed by atoms with van der Waals surface area (Å²) in [7, 11) is 0. The first kappa shape index (κ1) is 38.4. The number of carbonyl (C=O) groups is 2. The Morgan fingerprint density at radius 1 is 0.531 bits per heavy atom. The molecule has 0 saturated heterocycles. The molecule has 0 aliphatic heterocycles. The summed E-state index contributed by atoms with van der Waals surface area (Å²) in [6.45, 7) is 32.6. The van der Waals surface area contributed by atoms with Crippen molar-refractivity contribution in [2.24, 2.45) is 29.6 Å². The standard InChI is InChI=1S/C8H16O.C7H14O2.C7H16.C6H14O/c1-6(2)5-8(9)7(3)4;1-5(2)7(8)9-6(3)4;1-6(2)5-7(3)4;1-5(2)7-6(3)4/h6-7H,5H2,1-4H3;5-6H,1-4H3;6-7H,5H2,1-4H3;5-6H,1-4H3. The van der Waals surface area contributed by atoms with Crippen LogP contribution >= 0.6 is 0 Å². The maximum atomic E-state index is 11.0. The average molecular weight is 461 g/mol.